The molecule has 4 rings (SSSR count). The van der Waals surface area contributed by atoms with Gasteiger partial charge in [0, 0.05) is 17.6 Å². The molecular formula is C22H25N3O4. The fourth-order valence-electron chi connectivity index (χ4n) is 4.00. The van der Waals surface area contributed by atoms with Crippen molar-refractivity contribution in [2.75, 3.05) is 13.7 Å². The summed E-state index contributed by atoms with van der Waals surface area (Å²) in [6.45, 7) is 8.98. The summed E-state index contributed by atoms with van der Waals surface area (Å²) in [7, 11) is 1.62. The average molecular weight is 395 g/mol. The van der Waals surface area contributed by atoms with Crippen molar-refractivity contribution in [2.45, 2.75) is 40.3 Å². The van der Waals surface area contributed by atoms with Gasteiger partial charge in [-0.05, 0) is 18.4 Å². The van der Waals surface area contributed by atoms with Crippen molar-refractivity contribution < 1.29 is 14.3 Å². The zero-order valence-corrected chi connectivity index (χ0v) is 17.4. The van der Waals surface area contributed by atoms with Crippen molar-refractivity contribution >= 4 is 16.9 Å². The molecule has 3 heterocycles. The Balaban J connectivity index is 2.03. The number of aromatic nitrogens is 3. The van der Waals surface area contributed by atoms with E-state index in [0.29, 0.717) is 12.3 Å². The minimum absolute atomic E-state index is 0.000848. The Morgan fingerprint density at radius 3 is 2.72 bits per heavy atom. The van der Waals surface area contributed by atoms with Gasteiger partial charge >= 0.3 is 5.97 Å². The molecule has 1 aromatic carbocycles. The van der Waals surface area contributed by atoms with Crippen LogP contribution in [0.15, 0.2) is 35.3 Å². The van der Waals surface area contributed by atoms with E-state index < -0.39 is 5.97 Å². The number of hydrogen-bond acceptors (Lipinski definition) is 5. The number of carbonyl (C=O) groups excluding carboxylic acids is 1. The number of hydrogen-bond donors (Lipinski definition) is 0. The molecule has 1 unspecified atom stereocenters. The largest absolute Gasteiger partial charge is 0.494 e. The van der Waals surface area contributed by atoms with Crippen LogP contribution >= 0.6 is 0 Å². The van der Waals surface area contributed by atoms with Crippen LogP contribution in [0.4, 0.5) is 0 Å². The van der Waals surface area contributed by atoms with Gasteiger partial charge in [0.15, 0.2) is 5.43 Å². The minimum atomic E-state index is -0.592. The van der Waals surface area contributed by atoms with Crippen molar-refractivity contribution in [1.82, 2.24) is 14.3 Å². The van der Waals surface area contributed by atoms with Gasteiger partial charge in [0.05, 0.1) is 37.7 Å². The van der Waals surface area contributed by atoms with Crippen LogP contribution in [0.5, 0.6) is 5.75 Å². The highest BCUT2D eigenvalue weighted by Crippen LogP contribution is 2.42. The Kier molecular flexibility index (Phi) is 4.48. The van der Waals surface area contributed by atoms with Crippen molar-refractivity contribution in [3.05, 3.63) is 46.2 Å². The fourth-order valence-corrected chi connectivity index (χ4v) is 4.00. The summed E-state index contributed by atoms with van der Waals surface area (Å²) < 4.78 is 14.5. The van der Waals surface area contributed by atoms with Gasteiger partial charge in [-0.1, -0.05) is 32.9 Å². The molecule has 0 aliphatic carbocycles. The highest BCUT2D eigenvalue weighted by molar-refractivity contribution is 5.97. The number of ether oxygens (including phenoxy) is 2. The lowest BCUT2D eigenvalue weighted by molar-refractivity contribution is 0.0522. The van der Waals surface area contributed by atoms with Crippen LogP contribution in [0.2, 0.25) is 0 Å². The number of carbonyl (C=O) groups is 1. The van der Waals surface area contributed by atoms with Crippen LogP contribution in [0.25, 0.3) is 22.3 Å². The molecule has 29 heavy (non-hydrogen) atoms. The molecule has 0 bridgehead atoms. The second-order valence-electron chi connectivity index (χ2n) is 8.33. The lowest BCUT2D eigenvalue weighted by atomic mass is 9.85. The molecule has 152 valence electrons. The Bertz CT molecular complexity index is 1170. The van der Waals surface area contributed by atoms with E-state index >= 15 is 0 Å². The minimum Gasteiger partial charge on any atom is -0.494 e. The fraction of sp³-hybridized carbons (Fsp3) is 0.409. The van der Waals surface area contributed by atoms with Crippen LogP contribution in [0.3, 0.4) is 0 Å². The molecule has 0 saturated carbocycles. The predicted molar refractivity (Wildman–Crippen MR) is 110 cm³/mol. The number of benzene rings is 1. The summed E-state index contributed by atoms with van der Waals surface area (Å²) in [5.74, 6) is 0.0971. The lowest BCUT2D eigenvalue weighted by Gasteiger charge is -2.38. The number of rotatable bonds is 3. The molecule has 0 saturated heterocycles. The Labute approximate surface area is 168 Å². The third kappa shape index (κ3) is 3.01. The molecule has 7 nitrogen and oxygen atoms in total. The molecule has 1 atom stereocenters. The summed E-state index contributed by atoms with van der Waals surface area (Å²) in [5, 5.41) is 5.70. The van der Waals surface area contributed by atoms with E-state index in [1.807, 2.05) is 27.4 Å². The summed E-state index contributed by atoms with van der Waals surface area (Å²) in [6, 6.07) is 7.28. The first-order valence-corrected chi connectivity index (χ1v) is 9.73. The molecule has 2 aromatic heterocycles. The van der Waals surface area contributed by atoms with E-state index in [2.05, 4.69) is 20.8 Å². The van der Waals surface area contributed by atoms with E-state index in [4.69, 9.17) is 14.6 Å². The van der Waals surface area contributed by atoms with Gasteiger partial charge in [0.25, 0.3) is 0 Å². The van der Waals surface area contributed by atoms with E-state index in [1.54, 1.807) is 20.2 Å². The summed E-state index contributed by atoms with van der Waals surface area (Å²) in [5.41, 5.74) is 1.92. The first kappa shape index (κ1) is 19.2. The Morgan fingerprint density at radius 1 is 1.31 bits per heavy atom. The van der Waals surface area contributed by atoms with Crippen molar-refractivity contribution in [3.63, 3.8) is 0 Å². The number of methoxy groups -OCH3 is 1. The third-order valence-corrected chi connectivity index (χ3v) is 5.45. The monoisotopic (exact) mass is 395 g/mol. The summed E-state index contributed by atoms with van der Waals surface area (Å²) in [6.07, 6.45) is 1.65. The molecule has 0 radical (unpaired) electrons. The zero-order chi connectivity index (χ0) is 20.9. The highest BCUT2D eigenvalue weighted by Gasteiger charge is 2.35. The number of pyridine rings is 1. The first-order chi connectivity index (χ1) is 13.8. The second-order valence-corrected chi connectivity index (χ2v) is 8.33. The maximum absolute atomic E-state index is 12.8. The van der Waals surface area contributed by atoms with Crippen molar-refractivity contribution in [2.24, 2.45) is 5.41 Å². The topological polar surface area (TPSA) is 75.3 Å². The Morgan fingerprint density at radius 2 is 2.07 bits per heavy atom. The molecule has 1 aliphatic rings. The first-order valence-electron chi connectivity index (χ1n) is 9.73. The van der Waals surface area contributed by atoms with E-state index in [-0.39, 0.29) is 29.1 Å². The van der Waals surface area contributed by atoms with E-state index in [9.17, 15) is 9.59 Å². The maximum Gasteiger partial charge on any atom is 0.343 e. The predicted octanol–water partition coefficient (Wildman–Crippen LogP) is 3.65. The van der Waals surface area contributed by atoms with Crippen molar-refractivity contribution in [3.8, 4) is 17.1 Å². The second kappa shape index (κ2) is 6.76. The van der Waals surface area contributed by atoms with Crippen LogP contribution in [-0.2, 0) is 11.3 Å². The third-order valence-electron chi connectivity index (χ3n) is 5.45. The molecule has 0 amide bonds. The van der Waals surface area contributed by atoms with Crippen LogP contribution in [0, 0.1) is 5.41 Å². The summed E-state index contributed by atoms with van der Waals surface area (Å²) in [4.78, 5) is 25.1. The maximum atomic E-state index is 12.8. The highest BCUT2D eigenvalue weighted by atomic mass is 16.5. The van der Waals surface area contributed by atoms with Gasteiger partial charge in [-0.2, -0.15) is 5.10 Å². The number of fused-ring (bicyclic) bond motifs is 5. The molecule has 0 spiro atoms. The molecular weight excluding hydrogens is 370 g/mol. The Hall–Kier alpha value is -3.09. The zero-order valence-electron chi connectivity index (χ0n) is 17.4. The number of nitrogens with zero attached hydrogens (tertiary/aromatic N) is 3. The molecule has 7 heteroatoms. The average Bonchev–Trinajstić information content (AvgIpc) is 3.05. The van der Waals surface area contributed by atoms with E-state index in [1.165, 1.54) is 6.07 Å². The van der Waals surface area contributed by atoms with Gasteiger partial charge in [-0.15, -0.1) is 0 Å². The van der Waals surface area contributed by atoms with Gasteiger partial charge in [-0.3, -0.25) is 9.48 Å². The smallest absolute Gasteiger partial charge is 0.343 e. The van der Waals surface area contributed by atoms with Crippen LogP contribution < -0.4 is 10.2 Å². The molecule has 3 aromatic rings. The van der Waals surface area contributed by atoms with Crippen LogP contribution in [-0.4, -0.2) is 34.0 Å². The standard InChI is InChI=1S/C22H25N3O4/c1-6-29-21(27)14-11-24-15(10-16(14)26)20-13-8-7-9-17(28-5)19(13)23-25(20)12-18(24)22(2,3)4/h7-11,18H,6,12H2,1-5H3. The molecule has 0 fully saturated rings. The summed E-state index contributed by atoms with van der Waals surface area (Å²) >= 11 is 0. The van der Waals surface area contributed by atoms with Gasteiger partial charge in [0.1, 0.15) is 16.8 Å². The van der Waals surface area contributed by atoms with Gasteiger partial charge in [-0.25, -0.2) is 4.79 Å². The SMILES string of the molecule is CCOC(=O)c1cn2c(cc1=O)-c1c3cccc(OC)c3nn1CC2C(C)(C)C. The molecule has 0 N–H and O–H groups in total. The van der Waals surface area contributed by atoms with Gasteiger partial charge in [0.2, 0.25) is 0 Å². The van der Waals surface area contributed by atoms with Crippen LogP contribution in [0.1, 0.15) is 44.1 Å². The quantitative estimate of drug-likeness (QED) is 0.633. The van der Waals surface area contributed by atoms with E-state index in [0.717, 1.165) is 22.3 Å². The lowest BCUT2D eigenvalue weighted by Crippen LogP contribution is -2.35. The number of esters is 1. The van der Waals surface area contributed by atoms with Crippen molar-refractivity contribution in [1.29, 1.82) is 0 Å². The van der Waals surface area contributed by atoms with Gasteiger partial charge < -0.3 is 14.0 Å². The molecule has 1 aliphatic heterocycles. The normalized spacial score (nSPS) is 15.7.